The molecule has 12 heteroatoms. The SMILES string of the molecule is O=S(=O)(Nc1cccc(OCF)c1)c1c(F)c(F)c(F)c(F)c1F.[NaH]. The standard InChI is InChI=1S/C13H7F6NO3S.Na.H/c14-5-23-7-3-1-2-6(4-7)20-24(21,22)13-11(18)9(16)8(15)10(17)12(13)19;;/h1-4,20H,5H2;;. The van der Waals surface area contributed by atoms with E-state index in [4.69, 9.17) is 0 Å². The van der Waals surface area contributed by atoms with Gasteiger partial charge in [-0.25, -0.2) is 34.8 Å². The Bertz CT molecular complexity index is 865. The monoisotopic (exact) mass is 395 g/mol. The Hall–Kier alpha value is -1.43. The first-order valence-corrected chi connectivity index (χ1v) is 7.50. The summed E-state index contributed by atoms with van der Waals surface area (Å²) in [7, 11) is -5.16. The van der Waals surface area contributed by atoms with Crippen LogP contribution in [0.15, 0.2) is 29.2 Å². The van der Waals surface area contributed by atoms with E-state index in [1.807, 2.05) is 0 Å². The molecule has 0 unspecified atom stereocenters. The number of anilines is 1. The summed E-state index contributed by atoms with van der Waals surface area (Å²) in [5, 5.41) is 0. The Balaban J connectivity index is 0.00000312. The minimum atomic E-state index is -5.16. The Kier molecular flexibility index (Phi) is 7.18. The van der Waals surface area contributed by atoms with Crippen molar-refractivity contribution in [2.45, 2.75) is 4.90 Å². The first-order valence-electron chi connectivity index (χ1n) is 6.02. The van der Waals surface area contributed by atoms with E-state index in [9.17, 15) is 34.8 Å². The molecule has 2 rings (SSSR count). The van der Waals surface area contributed by atoms with Crippen molar-refractivity contribution in [1.29, 1.82) is 0 Å². The Morgan fingerprint density at radius 2 is 1.44 bits per heavy atom. The van der Waals surface area contributed by atoms with Crippen LogP contribution in [-0.2, 0) is 10.0 Å². The van der Waals surface area contributed by atoms with E-state index in [0.29, 0.717) is 0 Å². The van der Waals surface area contributed by atoms with Gasteiger partial charge in [0.2, 0.25) is 12.7 Å². The van der Waals surface area contributed by atoms with Crippen LogP contribution in [0.4, 0.5) is 32.0 Å². The van der Waals surface area contributed by atoms with E-state index >= 15 is 0 Å². The molecule has 4 nitrogen and oxygen atoms in total. The fourth-order valence-electron chi connectivity index (χ4n) is 1.74. The van der Waals surface area contributed by atoms with Gasteiger partial charge in [-0.1, -0.05) is 6.07 Å². The van der Waals surface area contributed by atoms with Gasteiger partial charge in [-0.3, -0.25) is 4.72 Å². The van der Waals surface area contributed by atoms with Gasteiger partial charge in [0, 0.05) is 6.07 Å². The van der Waals surface area contributed by atoms with E-state index < -0.39 is 50.9 Å². The third kappa shape index (κ3) is 4.40. The van der Waals surface area contributed by atoms with E-state index in [-0.39, 0.29) is 41.0 Å². The van der Waals surface area contributed by atoms with Gasteiger partial charge in [0.1, 0.15) is 5.75 Å². The zero-order valence-electron chi connectivity index (χ0n) is 11.4. The Morgan fingerprint density at radius 1 is 0.920 bits per heavy atom. The van der Waals surface area contributed by atoms with Crippen molar-refractivity contribution in [2.75, 3.05) is 11.6 Å². The number of hydrogen-bond acceptors (Lipinski definition) is 3. The molecule has 0 fully saturated rings. The molecule has 0 saturated carbocycles. The van der Waals surface area contributed by atoms with Crippen molar-refractivity contribution in [3.63, 3.8) is 0 Å². The number of benzene rings is 2. The van der Waals surface area contributed by atoms with E-state index in [1.165, 1.54) is 12.1 Å². The quantitative estimate of drug-likeness (QED) is 0.367. The van der Waals surface area contributed by atoms with Crippen molar-refractivity contribution in [2.24, 2.45) is 0 Å². The summed E-state index contributed by atoms with van der Waals surface area (Å²) < 4.78 is 108. The molecule has 0 aliphatic heterocycles. The number of alkyl halides is 1. The molecular formula is C13H8F6NNaO3S. The second-order valence-corrected chi connectivity index (χ2v) is 5.91. The normalized spacial score (nSPS) is 11.0. The van der Waals surface area contributed by atoms with Crippen LogP contribution in [0.5, 0.6) is 5.75 Å². The molecule has 0 radical (unpaired) electrons. The molecule has 2 aromatic carbocycles. The van der Waals surface area contributed by atoms with Crippen molar-refractivity contribution < 1.29 is 39.5 Å². The van der Waals surface area contributed by atoms with Crippen LogP contribution in [0, 0.1) is 29.1 Å². The number of nitrogens with one attached hydrogen (secondary N) is 1. The maximum atomic E-state index is 13.6. The van der Waals surface area contributed by atoms with E-state index in [0.717, 1.165) is 12.1 Å². The van der Waals surface area contributed by atoms with Crippen LogP contribution in [0.25, 0.3) is 0 Å². The van der Waals surface area contributed by atoms with Gasteiger partial charge in [0.05, 0.1) is 5.69 Å². The second-order valence-electron chi connectivity index (χ2n) is 4.29. The molecule has 132 valence electrons. The summed E-state index contributed by atoms with van der Waals surface area (Å²) in [6.45, 7) is -1.23. The summed E-state index contributed by atoms with van der Waals surface area (Å²) in [4.78, 5) is -2.03. The van der Waals surface area contributed by atoms with Crippen molar-refractivity contribution in [1.82, 2.24) is 0 Å². The van der Waals surface area contributed by atoms with E-state index in [1.54, 1.807) is 4.72 Å². The fourth-order valence-corrected chi connectivity index (χ4v) is 2.93. The first-order chi connectivity index (χ1) is 11.2. The third-order valence-electron chi connectivity index (χ3n) is 2.75. The molecule has 0 heterocycles. The molecule has 0 spiro atoms. The van der Waals surface area contributed by atoms with Gasteiger partial charge in [0.25, 0.3) is 10.0 Å². The molecule has 0 aliphatic rings. The van der Waals surface area contributed by atoms with Crippen LogP contribution in [0.1, 0.15) is 0 Å². The molecular weight excluding hydrogens is 387 g/mol. The third-order valence-corrected chi connectivity index (χ3v) is 4.15. The van der Waals surface area contributed by atoms with Crippen LogP contribution in [0.2, 0.25) is 0 Å². The summed E-state index contributed by atoms with van der Waals surface area (Å²) in [5.74, 6) is -12.4. The van der Waals surface area contributed by atoms with Gasteiger partial charge in [0.15, 0.2) is 28.2 Å². The summed E-state index contributed by atoms with van der Waals surface area (Å²) in [6.07, 6.45) is 0. The predicted molar refractivity (Wildman–Crippen MR) is 77.2 cm³/mol. The number of rotatable bonds is 5. The molecule has 0 bridgehead atoms. The molecule has 0 aliphatic carbocycles. The average molecular weight is 395 g/mol. The van der Waals surface area contributed by atoms with Gasteiger partial charge in [-0.15, -0.1) is 0 Å². The van der Waals surface area contributed by atoms with E-state index in [2.05, 4.69) is 4.74 Å². The summed E-state index contributed by atoms with van der Waals surface area (Å²) in [5.41, 5.74) is -0.343. The van der Waals surface area contributed by atoms with Crippen molar-refractivity contribution in [3.05, 3.63) is 53.4 Å². The second kappa shape index (κ2) is 8.30. The van der Waals surface area contributed by atoms with Gasteiger partial charge < -0.3 is 4.74 Å². The summed E-state index contributed by atoms with van der Waals surface area (Å²) >= 11 is 0. The molecule has 25 heavy (non-hydrogen) atoms. The number of halogens is 6. The molecule has 0 amide bonds. The molecule has 2 aromatic rings. The molecule has 0 atom stereocenters. The van der Waals surface area contributed by atoms with Crippen molar-refractivity contribution >= 4 is 45.3 Å². The van der Waals surface area contributed by atoms with Crippen LogP contribution in [-0.4, -0.2) is 44.8 Å². The average Bonchev–Trinajstić information content (AvgIpc) is 2.51. The number of hydrogen-bond donors (Lipinski definition) is 1. The zero-order valence-corrected chi connectivity index (χ0v) is 12.2. The topological polar surface area (TPSA) is 55.4 Å². The summed E-state index contributed by atoms with van der Waals surface area (Å²) in [6, 6.07) is 4.50. The van der Waals surface area contributed by atoms with Crippen molar-refractivity contribution in [3.8, 4) is 5.75 Å². The van der Waals surface area contributed by atoms with Gasteiger partial charge in [-0.05, 0) is 12.1 Å². The number of ether oxygens (including phenoxy) is 1. The van der Waals surface area contributed by atoms with Gasteiger partial charge in [-0.2, -0.15) is 0 Å². The van der Waals surface area contributed by atoms with Crippen LogP contribution in [0.3, 0.4) is 0 Å². The zero-order chi connectivity index (χ0) is 18.1. The molecule has 0 saturated heterocycles. The predicted octanol–water partition coefficient (Wildman–Crippen LogP) is 2.84. The van der Waals surface area contributed by atoms with Gasteiger partial charge >= 0.3 is 29.6 Å². The van der Waals surface area contributed by atoms with Crippen LogP contribution >= 0.6 is 0 Å². The maximum absolute atomic E-state index is 13.6. The molecule has 1 N–H and O–H groups in total. The molecule has 0 aromatic heterocycles. The fraction of sp³-hybridized carbons (Fsp3) is 0.0769. The number of sulfonamides is 1. The van der Waals surface area contributed by atoms with Crippen LogP contribution < -0.4 is 9.46 Å². The first kappa shape index (κ1) is 21.6. The Labute approximate surface area is 160 Å². The minimum absolute atomic E-state index is 0. The Morgan fingerprint density at radius 3 is 1.96 bits per heavy atom.